The number of rotatable bonds is 9. The summed E-state index contributed by atoms with van der Waals surface area (Å²) in [6.07, 6.45) is 5.43. The third kappa shape index (κ3) is 6.03. The highest BCUT2D eigenvalue weighted by Gasteiger charge is 2.26. The normalized spacial score (nSPS) is 12.0. The topological polar surface area (TPSA) is 32.8 Å². The Morgan fingerprint density at radius 1 is 1.04 bits per heavy atom. The summed E-state index contributed by atoms with van der Waals surface area (Å²) in [6.45, 7) is 2.42. The Bertz CT molecular complexity index is 668. The lowest BCUT2D eigenvalue weighted by molar-refractivity contribution is -0.147. The summed E-state index contributed by atoms with van der Waals surface area (Å²) in [5.74, 6) is 2.33. The van der Waals surface area contributed by atoms with Crippen molar-refractivity contribution in [2.45, 2.75) is 19.1 Å². The van der Waals surface area contributed by atoms with Crippen LogP contribution in [0.4, 0.5) is 0 Å². The molecule has 0 unspecified atom stereocenters. The van der Waals surface area contributed by atoms with Gasteiger partial charge in [0.1, 0.15) is 6.04 Å². The van der Waals surface area contributed by atoms with Gasteiger partial charge in [-0.25, -0.2) is 0 Å². The lowest BCUT2D eigenvalue weighted by atomic mass is 10.1. The highest BCUT2D eigenvalue weighted by Crippen LogP contribution is 2.13. The van der Waals surface area contributed by atoms with Gasteiger partial charge in [-0.15, -0.1) is 6.42 Å². The summed E-state index contributed by atoms with van der Waals surface area (Å²) in [4.78, 5) is 16.4. The Morgan fingerprint density at radius 2 is 1.54 bits per heavy atom. The zero-order valence-electron chi connectivity index (χ0n) is 15.5. The molecule has 0 amide bonds. The van der Waals surface area contributed by atoms with Crippen LogP contribution in [-0.2, 0) is 22.6 Å². The first-order chi connectivity index (χ1) is 12.6. The molecule has 4 nitrogen and oxygen atoms in total. The number of terminal acetylenes is 1. The number of benzene rings is 2. The smallest absolute Gasteiger partial charge is 0.324 e. The lowest BCUT2D eigenvalue weighted by Gasteiger charge is -2.31. The number of hydrogen-bond acceptors (Lipinski definition) is 4. The maximum Gasteiger partial charge on any atom is 0.324 e. The van der Waals surface area contributed by atoms with Crippen LogP contribution in [0.1, 0.15) is 11.1 Å². The van der Waals surface area contributed by atoms with Crippen LogP contribution in [-0.4, -0.2) is 49.1 Å². The van der Waals surface area contributed by atoms with Crippen molar-refractivity contribution in [2.24, 2.45) is 0 Å². The van der Waals surface area contributed by atoms with E-state index >= 15 is 0 Å². The first-order valence-electron chi connectivity index (χ1n) is 8.65. The number of ether oxygens (including phenoxy) is 1. The zero-order chi connectivity index (χ0) is 18.8. The van der Waals surface area contributed by atoms with E-state index in [0.29, 0.717) is 13.1 Å². The van der Waals surface area contributed by atoms with Gasteiger partial charge in [-0.05, 0) is 18.2 Å². The molecule has 136 valence electrons. The van der Waals surface area contributed by atoms with Crippen molar-refractivity contribution in [2.75, 3.05) is 27.2 Å². The highest BCUT2D eigenvalue weighted by atomic mass is 16.5. The Balaban J connectivity index is 2.20. The number of likely N-dealkylation sites (N-methyl/N-ethyl adjacent to an activating group) is 1. The molecule has 0 aliphatic rings. The molecule has 2 aromatic rings. The SMILES string of the molecule is C#CCN(C)[C@@H](CN(Cc1ccccc1)Cc1ccccc1)C(=O)OC. The number of methoxy groups -OCH3 is 1. The molecule has 0 spiro atoms. The van der Waals surface area contributed by atoms with Crippen LogP contribution in [0, 0.1) is 12.3 Å². The van der Waals surface area contributed by atoms with Crippen LogP contribution in [0.15, 0.2) is 60.7 Å². The Hall–Kier alpha value is -2.61. The van der Waals surface area contributed by atoms with E-state index in [4.69, 9.17) is 11.2 Å². The molecule has 0 saturated carbocycles. The Kier molecular flexibility index (Phi) is 7.88. The standard InChI is InChI=1S/C22H26N2O2/c1-4-15-23(2)21(22(25)26-3)18-24(16-19-11-7-5-8-12-19)17-20-13-9-6-10-14-20/h1,5-14,21H,15-18H2,2-3H3/t21-/m0/s1. The van der Waals surface area contributed by atoms with Crippen molar-refractivity contribution in [3.8, 4) is 12.3 Å². The number of hydrogen-bond donors (Lipinski definition) is 0. The zero-order valence-corrected chi connectivity index (χ0v) is 15.5. The van der Waals surface area contributed by atoms with E-state index in [-0.39, 0.29) is 5.97 Å². The third-order valence-electron chi connectivity index (χ3n) is 4.28. The van der Waals surface area contributed by atoms with Crippen LogP contribution in [0.25, 0.3) is 0 Å². The molecule has 0 bridgehead atoms. The van der Waals surface area contributed by atoms with Gasteiger partial charge >= 0.3 is 5.97 Å². The molecule has 0 radical (unpaired) electrons. The van der Waals surface area contributed by atoms with E-state index in [0.717, 1.165) is 13.1 Å². The van der Waals surface area contributed by atoms with Crippen LogP contribution in [0.3, 0.4) is 0 Å². The molecule has 0 aliphatic heterocycles. The van der Waals surface area contributed by atoms with Gasteiger partial charge in [0, 0.05) is 19.6 Å². The summed E-state index contributed by atoms with van der Waals surface area (Å²) in [7, 11) is 3.27. The van der Waals surface area contributed by atoms with E-state index in [1.165, 1.54) is 18.2 Å². The van der Waals surface area contributed by atoms with Crippen LogP contribution < -0.4 is 0 Å². The molecule has 0 saturated heterocycles. The lowest BCUT2D eigenvalue weighted by Crippen LogP contribution is -2.47. The summed E-state index contributed by atoms with van der Waals surface area (Å²) in [6, 6.07) is 20.1. The van der Waals surface area contributed by atoms with E-state index in [1.807, 2.05) is 48.3 Å². The molecule has 2 rings (SSSR count). The second-order valence-electron chi connectivity index (χ2n) is 6.30. The minimum atomic E-state index is -0.413. The number of carbonyl (C=O) groups excluding carboxylic acids is 1. The Labute approximate surface area is 156 Å². The van der Waals surface area contributed by atoms with Crippen molar-refractivity contribution >= 4 is 5.97 Å². The van der Waals surface area contributed by atoms with E-state index in [9.17, 15) is 4.79 Å². The van der Waals surface area contributed by atoms with Gasteiger partial charge in [-0.1, -0.05) is 66.6 Å². The average Bonchev–Trinajstić information content (AvgIpc) is 2.67. The van der Waals surface area contributed by atoms with Gasteiger partial charge in [0.25, 0.3) is 0 Å². The fraction of sp³-hybridized carbons (Fsp3) is 0.318. The second kappa shape index (κ2) is 10.4. The quantitative estimate of drug-likeness (QED) is 0.514. The van der Waals surface area contributed by atoms with Gasteiger partial charge in [-0.3, -0.25) is 14.6 Å². The van der Waals surface area contributed by atoms with E-state index in [1.54, 1.807) is 0 Å². The molecule has 0 aliphatic carbocycles. The first kappa shape index (κ1) is 19.7. The van der Waals surface area contributed by atoms with Crippen LogP contribution in [0.5, 0.6) is 0 Å². The van der Waals surface area contributed by atoms with Gasteiger partial charge < -0.3 is 4.74 Å². The van der Waals surface area contributed by atoms with Crippen LogP contribution >= 0.6 is 0 Å². The van der Waals surface area contributed by atoms with E-state index in [2.05, 4.69) is 35.1 Å². The predicted octanol–water partition coefficient (Wildman–Crippen LogP) is 2.80. The van der Waals surface area contributed by atoms with Gasteiger partial charge in [-0.2, -0.15) is 0 Å². The van der Waals surface area contributed by atoms with Crippen molar-refractivity contribution in [3.63, 3.8) is 0 Å². The van der Waals surface area contributed by atoms with Crippen molar-refractivity contribution in [3.05, 3.63) is 71.8 Å². The van der Waals surface area contributed by atoms with E-state index < -0.39 is 6.04 Å². The number of carbonyl (C=O) groups is 1. The number of esters is 1. The largest absolute Gasteiger partial charge is 0.468 e. The molecule has 0 N–H and O–H groups in total. The molecular weight excluding hydrogens is 324 g/mol. The summed E-state index contributed by atoms with van der Waals surface area (Å²) in [5, 5.41) is 0. The maximum absolute atomic E-state index is 12.3. The van der Waals surface area contributed by atoms with Gasteiger partial charge in [0.2, 0.25) is 0 Å². The summed E-state index contributed by atoms with van der Waals surface area (Å²) < 4.78 is 5.01. The molecular formula is C22H26N2O2. The second-order valence-corrected chi connectivity index (χ2v) is 6.30. The minimum Gasteiger partial charge on any atom is -0.468 e. The van der Waals surface area contributed by atoms with Crippen LogP contribution in [0.2, 0.25) is 0 Å². The summed E-state index contributed by atoms with van der Waals surface area (Å²) in [5.41, 5.74) is 2.40. The minimum absolute atomic E-state index is 0.270. The van der Waals surface area contributed by atoms with Gasteiger partial charge in [0.05, 0.1) is 13.7 Å². The average molecular weight is 350 g/mol. The monoisotopic (exact) mass is 350 g/mol. The first-order valence-corrected chi connectivity index (χ1v) is 8.65. The van der Waals surface area contributed by atoms with Crippen molar-refractivity contribution in [1.82, 2.24) is 9.80 Å². The molecule has 0 aromatic heterocycles. The summed E-state index contributed by atoms with van der Waals surface area (Å²) >= 11 is 0. The fourth-order valence-electron chi connectivity index (χ4n) is 2.90. The van der Waals surface area contributed by atoms with Gasteiger partial charge in [0.15, 0.2) is 0 Å². The molecule has 1 atom stereocenters. The number of nitrogens with zero attached hydrogens (tertiary/aromatic N) is 2. The van der Waals surface area contributed by atoms with Crippen molar-refractivity contribution < 1.29 is 9.53 Å². The fourth-order valence-corrected chi connectivity index (χ4v) is 2.90. The Morgan fingerprint density at radius 3 is 1.96 bits per heavy atom. The van der Waals surface area contributed by atoms with Crippen molar-refractivity contribution in [1.29, 1.82) is 0 Å². The molecule has 26 heavy (non-hydrogen) atoms. The highest BCUT2D eigenvalue weighted by molar-refractivity contribution is 5.76. The molecule has 0 fully saturated rings. The molecule has 2 aromatic carbocycles. The maximum atomic E-state index is 12.3. The predicted molar refractivity (Wildman–Crippen MR) is 104 cm³/mol. The molecule has 0 heterocycles. The molecule has 4 heteroatoms. The third-order valence-corrected chi connectivity index (χ3v) is 4.28.